The van der Waals surface area contributed by atoms with Crippen LogP contribution in [0.3, 0.4) is 0 Å². The van der Waals surface area contributed by atoms with Crippen molar-refractivity contribution in [3.05, 3.63) is 90.6 Å². The molecule has 0 unspecified atom stereocenters. The number of aromatic nitrogens is 3. The Morgan fingerprint density at radius 1 is 0.944 bits per heavy atom. The predicted octanol–water partition coefficient (Wildman–Crippen LogP) is 4.57. The van der Waals surface area contributed by atoms with E-state index < -0.39 is 11.9 Å². The van der Waals surface area contributed by atoms with Crippen molar-refractivity contribution in [2.75, 3.05) is 4.90 Å². The normalized spacial score (nSPS) is 14.8. The number of hydrogen-bond donors (Lipinski definition) is 2. The number of pyridine rings is 1. The first-order valence-corrected chi connectivity index (χ1v) is 12.1. The minimum absolute atomic E-state index is 0.0501. The molecule has 4 aromatic rings. The number of aromatic hydroxyl groups is 1. The monoisotopic (exact) mass is 481 g/mol. The molecule has 1 atom stereocenters. The Balaban J connectivity index is 1.63. The minimum Gasteiger partial charge on any atom is -0.508 e. The summed E-state index contributed by atoms with van der Waals surface area (Å²) in [7, 11) is 0. The molecule has 5 rings (SSSR count). The van der Waals surface area contributed by atoms with Crippen LogP contribution in [0.2, 0.25) is 0 Å². The number of carbonyl (C=O) groups excluding carboxylic acids is 2. The van der Waals surface area contributed by atoms with Crippen LogP contribution in [-0.2, 0) is 4.79 Å². The fourth-order valence-corrected chi connectivity index (χ4v) is 4.71. The SMILES string of the molecule is O=C(NC1CCCCC1)[C@H](c1ccc(O)cc1)N(C(=O)c1cnccn1)c1cnc2ccccc2c1. The summed E-state index contributed by atoms with van der Waals surface area (Å²) in [5.74, 6) is -0.695. The van der Waals surface area contributed by atoms with Crippen molar-refractivity contribution >= 4 is 28.4 Å². The first-order valence-electron chi connectivity index (χ1n) is 12.1. The molecule has 1 aliphatic carbocycles. The zero-order chi connectivity index (χ0) is 24.9. The average Bonchev–Trinajstić information content (AvgIpc) is 2.93. The van der Waals surface area contributed by atoms with E-state index >= 15 is 0 Å². The summed E-state index contributed by atoms with van der Waals surface area (Å²) >= 11 is 0. The summed E-state index contributed by atoms with van der Waals surface area (Å²) < 4.78 is 0. The number of nitrogens with zero attached hydrogens (tertiary/aromatic N) is 4. The maximum Gasteiger partial charge on any atom is 0.279 e. The predicted molar refractivity (Wildman–Crippen MR) is 136 cm³/mol. The van der Waals surface area contributed by atoms with E-state index in [9.17, 15) is 14.7 Å². The van der Waals surface area contributed by atoms with Gasteiger partial charge < -0.3 is 10.4 Å². The number of carbonyl (C=O) groups is 2. The van der Waals surface area contributed by atoms with Crippen LogP contribution in [-0.4, -0.2) is 37.9 Å². The van der Waals surface area contributed by atoms with Crippen LogP contribution >= 0.6 is 0 Å². The molecule has 2 N–H and O–H groups in total. The third kappa shape index (κ3) is 5.02. The van der Waals surface area contributed by atoms with E-state index in [1.807, 2.05) is 30.3 Å². The Hall–Kier alpha value is -4.33. The van der Waals surface area contributed by atoms with Crippen molar-refractivity contribution in [3.8, 4) is 5.75 Å². The molecule has 2 aromatic carbocycles. The van der Waals surface area contributed by atoms with Crippen LogP contribution in [0.4, 0.5) is 5.69 Å². The van der Waals surface area contributed by atoms with Crippen LogP contribution in [0.15, 0.2) is 79.4 Å². The average molecular weight is 482 g/mol. The first-order chi connectivity index (χ1) is 17.6. The number of phenolic OH excluding ortho intramolecular Hbond substituents is 1. The quantitative estimate of drug-likeness (QED) is 0.418. The standard InChI is InChI=1S/C28H27N5O3/c34-23-12-10-19(11-13-23)26(27(35)32-21-7-2-1-3-8-21)33(28(36)25-18-29-14-15-30-25)22-16-20-6-4-5-9-24(20)31-17-22/h4-6,9-18,21,26,34H,1-3,7-8H2,(H,32,35)/t26-/m0/s1. The van der Waals surface area contributed by atoms with Gasteiger partial charge in [-0.1, -0.05) is 49.6 Å². The Labute approximate surface area is 209 Å². The topological polar surface area (TPSA) is 108 Å². The van der Waals surface area contributed by atoms with E-state index in [-0.39, 0.29) is 23.4 Å². The Bertz CT molecular complexity index is 1350. The second-order valence-corrected chi connectivity index (χ2v) is 8.99. The van der Waals surface area contributed by atoms with Gasteiger partial charge in [-0.15, -0.1) is 0 Å². The van der Waals surface area contributed by atoms with Crippen LogP contribution < -0.4 is 10.2 Å². The van der Waals surface area contributed by atoms with E-state index in [1.54, 1.807) is 18.3 Å². The summed E-state index contributed by atoms with van der Waals surface area (Å²) in [6, 6.07) is 14.8. The smallest absolute Gasteiger partial charge is 0.279 e. The van der Waals surface area contributed by atoms with Gasteiger partial charge in [0.25, 0.3) is 5.91 Å². The number of amides is 2. The van der Waals surface area contributed by atoms with Gasteiger partial charge in [-0.25, -0.2) is 4.98 Å². The summed E-state index contributed by atoms with van der Waals surface area (Å²) in [6.45, 7) is 0. The minimum atomic E-state index is -1.01. The number of rotatable bonds is 6. The van der Waals surface area contributed by atoms with Gasteiger partial charge >= 0.3 is 0 Å². The molecule has 0 radical (unpaired) electrons. The van der Waals surface area contributed by atoms with Gasteiger partial charge in [0.05, 0.1) is 23.6 Å². The lowest BCUT2D eigenvalue weighted by Gasteiger charge is -2.33. The lowest BCUT2D eigenvalue weighted by molar-refractivity contribution is -0.123. The number of anilines is 1. The highest BCUT2D eigenvalue weighted by molar-refractivity contribution is 6.09. The van der Waals surface area contributed by atoms with Gasteiger partial charge in [0.2, 0.25) is 5.91 Å². The van der Waals surface area contributed by atoms with Crippen molar-refractivity contribution in [2.24, 2.45) is 0 Å². The van der Waals surface area contributed by atoms with Crippen molar-refractivity contribution in [1.29, 1.82) is 0 Å². The fraction of sp³-hybridized carbons (Fsp3) is 0.250. The van der Waals surface area contributed by atoms with Gasteiger partial charge in [0, 0.05) is 23.8 Å². The molecule has 1 aliphatic rings. The van der Waals surface area contributed by atoms with Gasteiger partial charge in [0.15, 0.2) is 0 Å². The van der Waals surface area contributed by atoms with Crippen LogP contribution in [0, 0.1) is 0 Å². The maximum absolute atomic E-state index is 13.9. The Morgan fingerprint density at radius 2 is 1.72 bits per heavy atom. The molecule has 8 heteroatoms. The molecule has 2 aromatic heterocycles. The Kier molecular flexibility index (Phi) is 6.84. The van der Waals surface area contributed by atoms with Gasteiger partial charge in [-0.3, -0.25) is 24.5 Å². The second-order valence-electron chi connectivity index (χ2n) is 8.99. The van der Waals surface area contributed by atoms with E-state index in [0.717, 1.165) is 43.0 Å². The fourth-order valence-electron chi connectivity index (χ4n) is 4.71. The molecular weight excluding hydrogens is 454 g/mol. The maximum atomic E-state index is 13.9. The molecule has 0 aliphatic heterocycles. The zero-order valence-corrected chi connectivity index (χ0v) is 19.7. The number of phenols is 1. The van der Waals surface area contributed by atoms with Gasteiger partial charge in [0.1, 0.15) is 17.5 Å². The molecule has 0 spiro atoms. The second kappa shape index (κ2) is 10.5. The molecule has 1 saturated carbocycles. The number of nitrogens with one attached hydrogen (secondary N) is 1. The van der Waals surface area contributed by atoms with E-state index in [1.165, 1.54) is 35.6 Å². The highest BCUT2D eigenvalue weighted by Gasteiger charge is 2.35. The third-order valence-electron chi connectivity index (χ3n) is 6.52. The third-order valence-corrected chi connectivity index (χ3v) is 6.52. The van der Waals surface area contributed by atoms with Crippen LogP contribution in [0.5, 0.6) is 5.75 Å². The summed E-state index contributed by atoms with van der Waals surface area (Å²) in [5, 5.41) is 13.9. The largest absolute Gasteiger partial charge is 0.508 e. The van der Waals surface area contributed by atoms with E-state index in [0.29, 0.717) is 11.3 Å². The molecule has 36 heavy (non-hydrogen) atoms. The van der Waals surface area contributed by atoms with Crippen LogP contribution in [0.25, 0.3) is 10.9 Å². The van der Waals surface area contributed by atoms with Crippen molar-refractivity contribution in [3.63, 3.8) is 0 Å². The molecule has 1 fully saturated rings. The number of fused-ring (bicyclic) bond motifs is 1. The highest BCUT2D eigenvalue weighted by Crippen LogP contribution is 2.32. The van der Waals surface area contributed by atoms with Crippen molar-refractivity contribution < 1.29 is 14.7 Å². The molecule has 182 valence electrons. The zero-order valence-electron chi connectivity index (χ0n) is 19.7. The summed E-state index contributed by atoms with van der Waals surface area (Å²) in [4.78, 5) is 42.0. The summed E-state index contributed by atoms with van der Waals surface area (Å²) in [6.07, 6.45) is 11.0. The Morgan fingerprint density at radius 3 is 2.47 bits per heavy atom. The van der Waals surface area contributed by atoms with Crippen molar-refractivity contribution in [1.82, 2.24) is 20.3 Å². The number of benzene rings is 2. The van der Waals surface area contributed by atoms with Crippen molar-refractivity contribution in [2.45, 2.75) is 44.2 Å². The first kappa shape index (κ1) is 23.4. The van der Waals surface area contributed by atoms with E-state index in [4.69, 9.17) is 0 Å². The molecule has 8 nitrogen and oxygen atoms in total. The lowest BCUT2D eigenvalue weighted by atomic mass is 9.94. The molecule has 0 bridgehead atoms. The van der Waals surface area contributed by atoms with Gasteiger partial charge in [-0.2, -0.15) is 0 Å². The molecule has 2 amide bonds. The molecule has 2 heterocycles. The highest BCUT2D eigenvalue weighted by atomic mass is 16.3. The summed E-state index contributed by atoms with van der Waals surface area (Å²) in [5.41, 5.74) is 1.91. The number of hydrogen-bond acceptors (Lipinski definition) is 6. The molecular formula is C28H27N5O3. The van der Waals surface area contributed by atoms with E-state index in [2.05, 4.69) is 20.3 Å². The van der Waals surface area contributed by atoms with Crippen LogP contribution in [0.1, 0.15) is 54.2 Å². The lowest BCUT2D eigenvalue weighted by Crippen LogP contribution is -2.47. The number of para-hydroxylation sites is 1. The van der Waals surface area contributed by atoms with Gasteiger partial charge in [-0.05, 0) is 42.7 Å². The molecule has 0 saturated heterocycles.